The van der Waals surface area contributed by atoms with Crippen molar-refractivity contribution in [2.45, 2.75) is 19.6 Å². The summed E-state index contributed by atoms with van der Waals surface area (Å²) >= 11 is 0. The maximum atomic E-state index is 11.7. The Morgan fingerprint density at radius 1 is 1.24 bits per heavy atom. The SMILES string of the molecule is COCc1ccc(C(Nc2cccc(C)c2)C(N)=O)cc1. The number of nitrogens with two attached hydrogens (primary N) is 1. The molecule has 0 fully saturated rings. The fraction of sp³-hybridized carbons (Fsp3) is 0.235. The number of hydrogen-bond acceptors (Lipinski definition) is 3. The molecule has 1 unspecified atom stereocenters. The lowest BCUT2D eigenvalue weighted by Gasteiger charge is -2.18. The number of ether oxygens (including phenoxy) is 1. The van der Waals surface area contributed by atoms with Gasteiger partial charge in [0.2, 0.25) is 5.91 Å². The molecule has 0 aliphatic carbocycles. The average molecular weight is 284 g/mol. The van der Waals surface area contributed by atoms with E-state index in [1.54, 1.807) is 7.11 Å². The molecule has 1 amide bonds. The number of primary amides is 1. The largest absolute Gasteiger partial charge is 0.380 e. The number of carbonyl (C=O) groups excluding carboxylic acids is 1. The molecule has 4 heteroatoms. The van der Waals surface area contributed by atoms with Crippen LogP contribution in [0.2, 0.25) is 0 Å². The summed E-state index contributed by atoms with van der Waals surface area (Å²) in [7, 11) is 1.65. The van der Waals surface area contributed by atoms with Crippen LogP contribution < -0.4 is 11.1 Å². The molecule has 21 heavy (non-hydrogen) atoms. The van der Waals surface area contributed by atoms with Crippen molar-refractivity contribution in [2.75, 3.05) is 12.4 Å². The summed E-state index contributed by atoms with van der Waals surface area (Å²) in [4.78, 5) is 11.7. The number of hydrogen-bond donors (Lipinski definition) is 2. The van der Waals surface area contributed by atoms with E-state index in [0.717, 1.165) is 22.4 Å². The van der Waals surface area contributed by atoms with E-state index in [9.17, 15) is 4.79 Å². The quantitative estimate of drug-likeness (QED) is 0.857. The Balaban J connectivity index is 2.20. The minimum Gasteiger partial charge on any atom is -0.380 e. The lowest BCUT2D eigenvalue weighted by atomic mass is 10.0. The van der Waals surface area contributed by atoms with Crippen molar-refractivity contribution in [1.29, 1.82) is 0 Å². The first kappa shape index (κ1) is 15.1. The van der Waals surface area contributed by atoms with Gasteiger partial charge < -0.3 is 15.8 Å². The Kier molecular flexibility index (Phi) is 4.95. The molecule has 3 N–H and O–H groups in total. The second kappa shape index (κ2) is 6.90. The maximum Gasteiger partial charge on any atom is 0.244 e. The molecule has 0 spiro atoms. The zero-order valence-electron chi connectivity index (χ0n) is 12.3. The Bertz CT molecular complexity index is 608. The highest BCUT2D eigenvalue weighted by atomic mass is 16.5. The van der Waals surface area contributed by atoms with Crippen LogP contribution >= 0.6 is 0 Å². The summed E-state index contributed by atoms with van der Waals surface area (Å²) in [5.41, 5.74) is 9.42. The second-order valence-corrected chi connectivity index (χ2v) is 5.02. The van der Waals surface area contributed by atoms with Gasteiger partial charge in [-0.3, -0.25) is 4.79 Å². The Morgan fingerprint density at radius 2 is 1.95 bits per heavy atom. The smallest absolute Gasteiger partial charge is 0.244 e. The van der Waals surface area contributed by atoms with Gasteiger partial charge in [0, 0.05) is 12.8 Å². The fourth-order valence-electron chi connectivity index (χ4n) is 2.19. The van der Waals surface area contributed by atoms with Crippen LogP contribution in [0.15, 0.2) is 48.5 Å². The Labute approximate surface area is 124 Å². The lowest BCUT2D eigenvalue weighted by molar-refractivity contribution is -0.118. The highest BCUT2D eigenvalue weighted by Crippen LogP contribution is 2.21. The van der Waals surface area contributed by atoms with Crippen LogP contribution in [0.25, 0.3) is 0 Å². The molecule has 2 aromatic carbocycles. The first-order chi connectivity index (χ1) is 10.1. The third kappa shape index (κ3) is 4.07. The minimum atomic E-state index is -0.552. The van der Waals surface area contributed by atoms with Crippen LogP contribution in [0.3, 0.4) is 0 Å². The Hall–Kier alpha value is -2.33. The highest BCUT2D eigenvalue weighted by Gasteiger charge is 2.17. The summed E-state index contributed by atoms with van der Waals surface area (Å²) in [6, 6.07) is 15.0. The van der Waals surface area contributed by atoms with Crippen LogP contribution in [-0.2, 0) is 16.1 Å². The van der Waals surface area contributed by atoms with E-state index in [1.165, 1.54) is 0 Å². The van der Waals surface area contributed by atoms with Crippen molar-refractivity contribution in [3.8, 4) is 0 Å². The lowest BCUT2D eigenvalue weighted by Crippen LogP contribution is -2.27. The van der Waals surface area contributed by atoms with Gasteiger partial charge in [-0.15, -0.1) is 0 Å². The minimum absolute atomic E-state index is 0.406. The van der Waals surface area contributed by atoms with Gasteiger partial charge in [-0.05, 0) is 35.7 Å². The highest BCUT2D eigenvalue weighted by molar-refractivity contribution is 5.84. The average Bonchev–Trinajstić information content (AvgIpc) is 2.46. The standard InChI is InChI=1S/C17H20N2O2/c1-12-4-3-5-15(10-12)19-16(17(18)20)14-8-6-13(7-9-14)11-21-2/h3-10,16,19H,11H2,1-2H3,(H2,18,20). The van der Waals surface area contributed by atoms with Gasteiger partial charge in [-0.2, -0.15) is 0 Å². The first-order valence-corrected chi connectivity index (χ1v) is 6.80. The Morgan fingerprint density at radius 3 is 2.52 bits per heavy atom. The number of amides is 1. The number of anilines is 1. The number of methoxy groups -OCH3 is 1. The number of benzene rings is 2. The van der Waals surface area contributed by atoms with E-state index in [2.05, 4.69) is 5.32 Å². The molecule has 0 aromatic heterocycles. The van der Waals surface area contributed by atoms with Gasteiger partial charge in [-0.1, -0.05) is 36.4 Å². The number of rotatable bonds is 6. The topological polar surface area (TPSA) is 64.3 Å². The molecule has 0 bridgehead atoms. The number of nitrogens with one attached hydrogen (secondary N) is 1. The van der Waals surface area contributed by atoms with Gasteiger partial charge in [0.15, 0.2) is 0 Å². The number of aryl methyl sites for hydroxylation is 1. The van der Waals surface area contributed by atoms with Crippen LogP contribution in [0.1, 0.15) is 22.7 Å². The van der Waals surface area contributed by atoms with Gasteiger partial charge in [0.05, 0.1) is 6.61 Å². The van der Waals surface area contributed by atoms with E-state index in [1.807, 2.05) is 55.5 Å². The van der Waals surface area contributed by atoms with Crippen molar-refractivity contribution in [3.63, 3.8) is 0 Å². The summed E-state index contributed by atoms with van der Waals surface area (Å²) in [5.74, 6) is -0.406. The monoisotopic (exact) mass is 284 g/mol. The van der Waals surface area contributed by atoms with Crippen molar-refractivity contribution < 1.29 is 9.53 Å². The molecule has 110 valence electrons. The summed E-state index contributed by atoms with van der Waals surface area (Å²) < 4.78 is 5.08. The first-order valence-electron chi connectivity index (χ1n) is 6.80. The molecule has 0 heterocycles. The molecule has 2 aromatic rings. The van der Waals surface area contributed by atoms with E-state index < -0.39 is 11.9 Å². The van der Waals surface area contributed by atoms with Crippen LogP contribution in [-0.4, -0.2) is 13.0 Å². The maximum absolute atomic E-state index is 11.7. The van der Waals surface area contributed by atoms with Gasteiger partial charge in [-0.25, -0.2) is 0 Å². The van der Waals surface area contributed by atoms with Crippen molar-refractivity contribution in [1.82, 2.24) is 0 Å². The molecule has 0 radical (unpaired) electrons. The molecular formula is C17H20N2O2. The zero-order valence-corrected chi connectivity index (χ0v) is 12.3. The van der Waals surface area contributed by atoms with Crippen LogP contribution in [0.5, 0.6) is 0 Å². The summed E-state index contributed by atoms with van der Waals surface area (Å²) in [5, 5.41) is 3.18. The fourth-order valence-corrected chi connectivity index (χ4v) is 2.19. The third-order valence-electron chi connectivity index (χ3n) is 3.24. The van der Waals surface area contributed by atoms with Gasteiger partial charge in [0.1, 0.15) is 6.04 Å². The van der Waals surface area contributed by atoms with Crippen molar-refractivity contribution in [2.24, 2.45) is 5.73 Å². The van der Waals surface area contributed by atoms with E-state index in [-0.39, 0.29) is 0 Å². The third-order valence-corrected chi connectivity index (χ3v) is 3.24. The van der Waals surface area contributed by atoms with Crippen LogP contribution in [0, 0.1) is 6.92 Å². The van der Waals surface area contributed by atoms with E-state index >= 15 is 0 Å². The zero-order chi connectivity index (χ0) is 15.2. The molecule has 0 aliphatic rings. The number of carbonyl (C=O) groups is 1. The predicted octanol–water partition coefficient (Wildman–Crippen LogP) is 2.78. The van der Waals surface area contributed by atoms with Crippen molar-refractivity contribution in [3.05, 3.63) is 65.2 Å². The van der Waals surface area contributed by atoms with Gasteiger partial charge in [0.25, 0.3) is 0 Å². The van der Waals surface area contributed by atoms with Crippen molar-refractivity contribution >= 4 is 11.6 Å². The molecule has 2 rings (SSSR count). The molecule has 0 aliphatic heterocycles. The van der Waals surface area contributed by atoms with Crippen LogP contribution in [0.4, 0.5) is 5.69 Å². The summed E-state index contributed by atoms with van der Waals surface area (Å²) in [6.45, 7) is 2.55. The summed E-state index contributed by atoms with van der Waals surface area (Å²) in [6.07, 6.45) is 0. The molecule has 4 nitrogen and oxygen atoms in total. The van der Waals surface area contributed by atoms with Gasteiger partial charge >= 0.3 is 0 Å². The second-order valence-electron chi connectivity index (χ2n) is 5.02. The normalized spacial score (nSPS) is 11.9. The van der Waals surface area contributed by atoms with E-state index in [0.29, 0.717) is 6.61 Å². The molecular weight excluding hydrogens is 264 g/mol. The molecule has 1 atom stereocenters. The van der Waals surface area contributed by atoms with E-state index in [4.69, 9.17) is 10.5 Å². The molecule has 0 saturated heterocycles. The molecule has 0 saturated carbocycles. The predicted molar refractivity (Wildman–Crippen MR) is 83.9 cm³/mol.